The van der Waals surface area contributed by atoms with Crippen molar-refractivity contribution >= 4 is 5.82 Å². The number of aliphatic hydroxyl groups excluding tert-OH is 1. The predicted molar refractivity (Wildman–Crippen MR) is 54.2 cm³/mol. The first kappa shape index (κ1) is 9.87. The van der Waals surface area contributed by atoms with Crippen LogP contribution >= 0.6 is 0 Å². The zero-order valence-corrected chi connectivity index (χ0v) is 8.30. The van der Waals surface area contributed by atoms with Gasteiger partial charge < -0.3 is 10.0 Å². The molecule has 1 aromatic rings. The maximum atomic E-state index is 8.97. The van der Waals surface area contributed by atoms with E-state index >= 15 is 0 Å². The SMILES string of the molecule is N#Cc1ccnnc1N(CCO)C1CC1. The van der Waals surface area contributed by atoms with E-state index in [1.165, 1.54) is 6.20 Å². The number of aromatic nitrogens is 2. The molecule has 1 saturated carbocycles. The summed E-state index contributed by atoms with van der Waals surface area (Å²) in [5, 5.41) is 25.7. The lowest BCUT2D eigenvalue weighted by atomic mass is 10.3. The summed E-state index contributed by atoms with van der Waals surface area (Å²) in [6.07, 6.45) is 3.70. The summed E-state index contributed by atoms with van der Waals surface area (Å²) >= 11 is 0. The van der Waals surface area contributed by atoms with Gasteiger partial charge in [-0.05, 0) is 18.9 Å². The van der Waals surface area contributed by atoms with Crippen LogP contribution < -0.4 is 4.90 Å². The molecular weight excluding hydrogens is 192 g/mol. The van der Waals surface area contributed by atoms with Crippen LogP contribution in [0.5, 0.6) is 0 Å². The maximum absolute atomic E-state index is 8.97. The summed E-state index contributed by atoms with van der Waals surface area (Å²) < 4.78 is 0. The molecule has 0 atom stereocenters. The molecule has 5 nitrogen and oxygen atoms in total. The van der Waals surface area contributed by atoms with E-state index in [1.54, 1.807) is 6.07 Å². The highest BCUT2D eigenvalue weighted by Crippen LogP contribution is 2.31. The summed E-state index contributed by atoms with van der Waals surface area (Å²) in [5.41, 5.74) is 0.519. The van der Waals surface area contributed by atoms with E-state index in [0.717, 1.165) is 12.8 Å². The Labute approximate surface area is 88.0 Å². The van der Waals surface area contributed by atoms with Crippen LogP contribution in [0.15, 0.2) is 12.3 Å². The minimum absolute atomic E-state index is 0.0674. The fourth-order valence-corrected chi connectivity index (χ4v) is 1.58. The normalized spacial score (nSPS) is 14.7. The van der Waals surface area contributed by atoms with Crippen LogP contribution in [0.2, 0.25) is 0 Å². The molecule has 78 valence electrons. The zero-order chi connectivity index (χ0) is 10.7. The number of hydrogen-bond acceptors (Lipinski definition) is 5. The lowest BCUT2D eigenvalue weighted by Gasteiger charge is -2.22. The van der Waals surface area contributed by atoms with Gasteiger partial charge in [-0.25, -0.2) is 0 Å². The maximum Gasteiger partial charge on any atom is 0.169 e. The van der Waals surface area contributed by atoms with E-state index in [-0.39, 0.29) is 6.61 Å². The molecule has 0 aromatic carbocycles. The molecular formula is C10H12N4O. The van der Waals surface area contributed by atoms with E-state index in [1.807, 2.05) is 4.90 Å². The first-order valence-electron chi connectivity index (χ1n) is 4.96. The van der Waals surface area contributed by atoms with Crippen LogP contribution in [0, 0.1) is 11.3 Å². The summed E-state index contributed by atoms with van der Waals surface area (Å²) in [6, 6.07) is 4.16. The van der Waals surface area contributed by atoms with Gasteiger partial charge in [0.05, 0.1) is 18.4 Å². The summed E-state index contributed by atoms with van der Waals surface area (Å²) in [7, 11) is 0. The minimum atomic E-state index is 0.0674. The lowest BCUT2D eigenvalue weighted by molar-refractivity contribution is 0.301. The van der Waals surface area contributed by atoms with Crippen LogP contribution in [-0.2, 0) is 0 Å². The van der Waals surface area contributed by atoms with E-state index in [2.05, 4.69) is 16.3 Å². The average Bonchev–Trinajstić information content (AvgIpc) is 3.10. The van der Waals surface area contributed by atoms with Crippen molar-refractivity contribution in [2.24, 2.45) is 0 Å². The quantitative estimate of drug-likeness (QED) is 0.764. The molecule has 1 aliphatic rings. The first-order valence-corrected chi connectivity index (χ1v) is 4.96. The Morgan fingerprint density at radius 3 is 3.00 bits per heavy atom. The van der Waals surface area contributed by atoms with E-state index < -0.39 is 0 Å². The van der Waals surface area contributed by atoms with Gasteiger partial charge >= 0.3 is 0 Å². The third-order valence-corrected chi connectivity index (χ3v) is 2.42. The van der Waals surface area contributed by atoms with Crippen molar-refractivity contribution in [3.8, 4) is 6.07 Å². The highest BCUT2D eigenvalue weighted by molar-refractivity contribution is 5.54. The molecule has 0 radical (unpaired) electrons. The molecule has 1 fully saturated rings. The summed E-state index contributed by atoms with van der Waals surface area (Å²) in [4.78, 5) is 1.96. The van der Waals surface area contributed by atoms with Crippen LogP contribution in [0.1, 0.15) is 18.4 Å². The second kappa shape index (κ2) is 4.24. The number of aliphatic hydroxyl groups is 1. The number of nitrogens with zero attached hydrogens (tertiary/aromatic N) is 4. The summed E-state index contributed by atoms with van der Waals surface area (Å²) in [6.45, 7) is 0.579. The van der Waals surface area contributed by atoms with Gasteiger partial charge in [-0.1, -0.05) is 0 Å². The van der Waals surface area contributed by atoms with E-state index in [9.17, 15) is 0 Å². The van der Waals surface area contributed by atoms with Gasteiger partial charge in [0.1, 0.15) is 6.07 Å². The van der Waals surface area contributed by atoms with Gasteiger partial charge in [-0.3, -0.25) is 0 Å². The number of hydrogen-bond donors (Lipinski definition) is 1. The van der Waals surface area contributed by atoms with Gasteiger partial charge in [-0.2, -0.15) is 10.4 Å². The van der Waals surface area contributed by atoms with Crippen molar-refractivity contribution in [1.29, 1.82) is 5.26 Å². The lowest BCUT2D eigenvalue weighted by Crippen LogP contribution is -2.30. The molecule has 15 heavy (non-hydrogen) atoms. The first-order chi connectivity index (χ1) is 7.36. The Bertz CT molecular complexity index is 383. The fraction of sp³-hybridized carbons (Fsp3) is 0.500. The van der Waals surface area contributed by atoms with Crippen molar-refractivity contribution in [3.63, 3.8) is 0 Å². The van der Waals surface area contributed by atoms with Crippen molar-refractivity contribution in [2.45, 2.75) is 18.9 Å². The number of nitriles is 1. The van der Waals surface area contributed by atoms with Gasteiger partial charge in [0.2, 0.25) is 0 Å². The predicted octanol–water partition coefficient (Wildman–Crippen LogP) is 0.309. The molecule has 2 rings (SSSR count). The van der Waals surface area contributed by atoms with Crippen LogP contribution in [0.3, 0.4) is 0 Å². The Morgan fingerprint density at radius 1 is 1.60 bits per heavy atom. The van der Waals surface area contributed by atoms with E-state index in [0.29, 0.717) is 24.0 Å². The molecule has 0 bridgehead atoms. The largest absolute Gasteiger partial charge is 0.395 e. The van der Waals surface area contributed by atoms with Crippen molar-refractivity contribution < 1.29 is 5.11 Å². The highest BCUT2D eigenvalue weighted by Gasteiger charge is 2.31. The molecule has 1 aliphatic carbocycles. The van der Waals surface area contributed by atoms with Gasteiger partial charge in [0, 0.05) is 12.6 Å². The standard InChI is InChI=1S/C10H12N4O/c11-7-8-3-4-12-13-10(8)14(5-6-15)9-1-2-9/h3-4,9,15H,1-2,5-6H2. The molecule has 0 unspecified atom stereocenters. The second-order valence-corrected chi connectivity index (χ2v) is 3.53. The second-order valence-electron chi connectivity index (χ2n) is 3.53. The minimum Gasteiger partial charge on any atom is -0.395 e. The third kappa shape index (κ3) is 2.05. The van der Waals surface area contributed by atoms with Gasteiger partial charge in [0.15, 0.2) is 5.82 Å². The van der Waals surface area contributed by atoms with E-state index in [4.69, 9.17) is 10.4 Å². The Balaban J connectivity index is 2.28. The topological polar surface area (TPSA) is 73.0 Å². The molecule has 0 spiro atoms. The molecule has 1 N–H and O–H groups in total. The molecule has 0 amide bonds. The van der Waals surface area contributed by atoms with Gasteiger partial charge in [0.25, 0.3) is 0 Å². The third-order valence-electron chi connectivity index (χ3n) is 2.42. The molecule has 0 aliphatic heterocycles. The zero-order valence-electron chi connectivity index (χ0n) is 8.30. The van der Waals surface area contributed by atoms with Crippen LogP contribution in [-0.4, -0.2) is 34.5 Å². The highest BCUT2D eigenvalue weighted by atomic mass is 16.3. The van der Waals surface area contributed by atoms with Crippen molar-refractivity contribution in [2.75, 3.05) is 18.1 Å². The number of rotatable bonds is 4. The Kier molecular flexibility index (Phi) is 2.79. The Morgan fingerprint density at radius 2 is 2.40 bits per heavy atom. The number of anilines is 1. The molecule has 5 heteroatoms. The fourth-order valence-electron chi connectivity index (χ4n) is 1.58. The molecule has 0 saturated heterocycles. The smallest absolute Gasteiger partial charge is 0.169 e. The average molecular weight is 204 g/mol. The van der Waals surface area contributed by atoms with Gasteiger partial charge in [-0.15, -0.1) is 5.10 Å². The molecule has 1 aromatic heterocycles. The van der Waals surface area contributed by atoms with Crippen LogP contribution in [0.25, 0.3) is 0 Å². The van der Waals surface area contributed by atoms with Crippen molar-refractivity contribution in [3.05, 3.63) is 17.8 Å². The molecule has 1 heterocycles. The summed E-state index contributed by atoms with van der Waals surface area (Å²) in [5.74, 6) is 0.594. The Hall–Kier alpha value is -1.67. The van der Waals surface area contributed by atoms with Crippen LogP contribution in [0.4, 0.5) is 5.82 Å². The monoisotopic (exact) mass is 204 g/mol. The van der Waals surface area contributed by atoms with Crippen molar-refractivity contribution in [1.82, 2.24) is 10.2 Å².